The van der Waals surface area contributed by atoms with Gasteiger partial charge in [0.25, 0.3) is 0 Å². The summed E-state index contributed by atoms with van der Waals surface area (Å²) in [7, 11) is 0. The zero-order valence-electron chi connectivity index (χ0n) is 28.5. The zero-order chi connectivity index (χ0) is 34.6. The predicted molar refractivity (Wildman–Crippen MR) is 211 cm³/mol. The molecular formula is C47H30N4. The van der Waals surface area contributed by atoms with E-state index in [0.717, 1.165) is 77.4 Å². The first-order valence-corrected chi connectivity index (χ1v) is 17.1. The van der Waals surface area contributed by atoms with Crippen LogP contribution in [0.1, 0.15) is 1.37 Å². The van der Waals surface area contributed by atoms with Crippen molar-refractivity contribution in [2.75, 3.05) is 0 Å². The Balaban J connectivity index is 1.22. The molecule has 0 aliphatic heterocycles. The summed E-state index contributed by atoms with van der Waals surface area (Å²) in [6.07, 6.45) is 0. The maximum absolute atomic E-state index is 9.21. The average molecular weight is 652 g/mol. The standard InChI is InChI=1S/C47H30N4/c1-5-13-31(14-6-1)35-23-27-42-39(29-35)40-30-36(24-28-43(40)51(42)37-19-11-4-12-20-37)41-26-22-33-21-25-38-44(32-15-7-2-8-16-32)49-47(34-17-9-3-10-18-34)50-46(38)45(33)48-41/h1-30H/i22D. The van der Waals surface area contributed by atoms with E-state index in [4.69, 9.17) is 15.0 Å². The number of rotatable bonds is 5. The van der Waals surface area contributed by atoms with Gasteiger partial charge in [-0.25, -0.2) is 15.0 Å². The third-order valence-electron chi connectivity index (χ3n) is 9.70. The summed E-state index contributed by atoms with van der Waals surface area (Å²) in [6, 6.07) is 60.8. The molecule has 51 heavy (non-hydrogen) atoms. The monoisotopic (exact) mass is 651 g/mol. The molecule has 0 saturated heterocycles. The highest BCUT2D eigenvalue weighted by Crippen LogP contribution is 2.38. The van der Waals surface area contributed by atoms with Crippen molar-refractivity contribution in [3.05, 3.63) is 182 Å². The third kappa shape index (κ3) is 4.96. The Bertz CT molecular complexity index is 2940. The van der Waals surface area contributed by atoms with Gasteiger partial charge in [0.05, 0.1) is 29.3 Å². The fourth-order valence-corrected chi connectivity index (χ4v) is 7.24. The van der Waals surface area contributed by atoms with E-state index in [1.807, 2.05) is 78.9 Å². The SMILES string of the molecule is [2H]c1cc(-c2ccc3c(c2)c2cc(-c4ccccc4)ccc2n3-c2ccccc2)nc2c1ccc1c(-c3ccccc3)nc(-c3ccccc3)nc12. The zero-order valence-corrected chi connectivity index (χ0v) is 27.5. The highest BCUT2D eigenvalue weighted by molar-refractivity contribution is 6.12. The molecular weight excluding hydrogens is 621 g/mol. The minimum atomic E-state index is 0.404. The molecule has 0 fully saturated rings. The molecule has 4 nitrogen and oxygen atoms in total. The van der Waals surface area contributed by atoms with E-state index >= 15 is 0 Å². The Kier molecular flexibility index (Phi) is 6.53. The van der Waals surface area contributed by atoms with Crippen molar-refractivity contribution < 1.29 is 1.37 Å². The van der Waals surface area contributed by atoms with Crippen LogP contribution < -0.4 is 0 Å². The van der Waals surface area contributed by atoms with Crippen LogP contribution in [0.3, 0.4) is 0 Å². The average Bonchev–Trinajstić information content (AvgIpc) is 3.54. The molecule has 0 aliphatic rings. The molecule has 0 N–H and O–H groups in total. The molecule has 0 amide bonds. The summed E-state index contributed by atoms with van der Waals surface area (Å²) in [5, 5.41) is 3.94. The van der Waals surface area contributed by atoms with Gasteiger partial charge in [0, 0.05) is 43.9 Å². The summed E-state index contributed by atoms with van der Waals surface area (Å²) in [4.78, 5) is 15.5. The van der Waals surface area contributed by atoms with E-state index in [2.05, 4.69) is 102 Å². The van der Waals surface area contributed by atoms with Gasteiger partial charge in [0.1, 0.15) is 5.52 Å². The topological polar surface area (TPSA) is 43.6 Å². The number of hydrogen-bond donors (Lipinski definition) is 0. The summed E-state index contributed by atoms with van der Waals surface area (Å²) < 4.78 is 11.5. The Morgan fingerprint density at radius 2 is 1.00 bits per heavy atom. The van der Waals surface area contributed by atoms with Crippen LogP contribution >= 0.6 is 0 Å². The molecule has 3 heterocycles. The maximum atomic E-state index is 9.21. The van der Waals surface area contributed by atoms with Gasteiger partial charge in [-0.1, -0.05) is 133 Å². The second-order valence-corrected chi connectivity index (χ2v) is 12.8. The van der Waals surface area contributed by atoms with Crippen molar-refractivity contribution in [2.24, 2.45) is 0 Å². The number of nitrogens with zero attached hydrogens (tertiary/aromatic N) is 4. The first kappa shape index (κ1) is 28.0. The Morgan fingerprint density at radius 3 is 1.69 bits per heavy atom. The fraction of sp³-hybridized carbons (Fsp3) is 0. The van der Waals surface area contributed by atoms with Gasteiger partial charge < -0.3 is 4.57 Å². The normalized spacial score (nSPS) is 11.8. The molecule has 0 saturated carbocycles. The van der Waals surface area contributed by atoms with Crippen molar-refractivity contribution in [1.29, 1.82) is 0 Å². The highest BCUT2D eigenvalue weighted by atomic mass is 15.0. The van der Waals surface area contributed by atoms with Crippen LogP contribution in [0.15, 0.2) is 182 Å². The second kappa shape index (κ2) is 11.9. The van der Waals surface area contributed by atoms with Crippen LogP contribution in [0.2, 0.25) is 0 Å². The molecule has 0 atom stereocenters. The number of hydrogen-bond acceptors (Lipinski definition) is 3. The van der Waals surface area contributed by atoms with Crippen LogP contribution in [-0.4, -0.2) is 19.5 Å². The van der Waals surface area contributed by atoms with Crippen LogP contribution in [0.5, 0.6) is 0 Å². The van der Waals surface area contributed by atoms with Crippen LogP contribution in [0.4, 0.5) is 0 Å². The molecule has 10 aromatic rings. The molecule has 0 bridgehead atoms. The van der Waals surface area contributed by atoms with Crippen LogP contribution in [0, 0.1) is 0 Å². The molecule has 0 unspecified atom stereocenters. The van der Waals surface area contributed by atoms with E-state index in [-0.39, 0.29) is 0 Å². The highest BCUT2D eigenvalue weighted by Gasteiger charge is 2.17. The minimum absolute atomic E-state index is 0.404. The summed E-state index contributed by atoms with van der Waals surface area (Å²) in [5.41, 5.74) is 11.6. The number of fused-ring (bicyclic) bond motifs is 6. The smallest absolute Gasteiger partial charge is 0.160 e. The van der Waals surface area contributed by atoms with Gasteiger partial charge in [-0.05, 0) is 59.7 Å². The van der Waals surface area contributed by atoms with E-state index in [1.165, 1.54) is 5.56 Å². The van der Waals surface area contributed by atoms with Crippen molar-refractivity contribution in [2.45, 2.75) is 0 Å². The van der Waals surface area contributed by atoms with Gasteiger partial charge >= 0.3 is 0 Å². The van der Waals surface area contributed by atoms with Crippen molar-refractivity contribution in [1.82, 2.24) is 19.5 Å². The fourth-order valence-electron chi connectivity index (χ4n) is 7.24. The predicted octanol–water partition coefficient (Wildman–Crippen LogP) is 11.9. The van der Waals surface area contributed by atoms with Gasteiger partial charge in [-0.3, -0.25) is 0 Å². The molecule has 4 heteroatoms. The number of aromatic nitrogens is 4. The second-order valence-electron chi connectivity index (χ2n) is 12.8. The van der Waals surface area contributed by atoms with E-state index in [1.54, 1.807) is 0 Å². The third-order valence-corrected chi connectivity index (χ3v) is 9.70. The summed E-state index contributed by atoms with van der Waals surface area (Å²) >= 11 is 0. The lowest BCUT2D eigenvalue weighted by molar-refractivity contribution is 1.18. The van der Waals surface area contributed by atoms with E-state index in [9.17, 15) is 1.37 Å². The largest absolute Gasteiger partial charge is 0.309 e. The van der Waals surface area contributed by atoms with Crippen molar-refractivity contribution in [3.8, 4) is 50.7 Å². The summed E-state index contributed by atoms with van der Waals surface area (Å²) in [6.45, 7) is 0. The van der Waals surface area contributed by atoms with E-state index in [0.29, 0.717) is 17.4 Å². The van der Waals surface area contributed by atoms with Gasteiger partial charge in [0.15, 0.2) is 5.82 Å². The van der Waals surface area contributed by atoms with Gasteiger partial charge in [-0.15, -0.1) is 0 Å². The molecule has 3 aromatic heterocycles. The molecule has 7 aromatic carbocycles. The van der Waals surface area contributed by atoms with E-state index < -0.39 is 0 Å². The number of pyridine rings is 1. The molecule has 10 rings (SSSR count). The molecule has 0 spiro atoms. The van der Waals surface area contributed by atoms with Gasteiger partial charge in [-0.2, -0.15) is 0 Å². The first-order valence-electron chi connectivity index (χ1n) is 17.6. The quantitative estimate of drug-likeness (QED) is 0.174. The van der Waals surface area contributed by atoms with Crippen molar-refractivity contribution >= 4 is 43.6 Å². The Hall–Kier alpha value is -6.91. The molecule has 0 radical (unpaired) electrons. The first-order chi connectivity index (χ1) is 25.7. The lowest BCUT2D eigenvalue weighted by atomic mass is 10.0. The summed E-state index contributed by atoms with van der Waals surface area (Å²) in [5.74, 6) is 0.627. The molecule has 0 aliphatic carbocycles. The van der Waals surface area contributed by atoms with Crippen LogP contribution in [-0.2, 0) is 0 Å². The number of benzene rings is 7. The lowest BCUT2D eigenvalue weighted by Gasteiger charge is -2.12. The Morgan fingerprint density at radius 1 is 0.412 bits per heavy atom. The lowest BCUT2D eigenvalue weighted by Crippen LogP contribution is -1.97. The van der Waals surface area contributed by atoms with Crippen LogP contribution in [0.25, 0.3) is 94.3 Å². The van der Waals surface area contributed by atoms with Gasteiger partial charge in [0.2, 0.25) is 0 Å². The maximum Gasteiger partial charge on any atom is 0.160 e. The van der Waals surface area contributed by atoms with Crippen molar-refractivity contribution in [3.63, 3.8) is 0 Å². The minimum Gasteiger partial charge on any atom is -0.309 e. The number of para-hydroxylation sites is 1. The Labute approximate surface area is 296 Å². The molecule has 238 valence electrons.